The van der Waals surface area contributed by atoms with E-state index in [1.807, 2.05) is 19.3 Å². The van der Waals surface area contributed by atoms with E-state index in [4.69, 9.17) is 4.74 Å². The van der Waals surface area contributed by atoms with Crippen LogP contribution in [-0.2, 0) is 21.6 Å². The minimum Gasteiger partial charge on any atom is -0.381 e. The summed E-state index contributed by atoms with van der Waals surface area (Å²) < 4.78 is 48.6. The molecule has 3 aromatic rings. The van der Waals surface area contributed by atoms with Crippen LogP contribution < -0.4 is 0 Å². The molecule has 5 rings (SSSR count). The Bertz CT molecular complexity index is 1340. The third-order valence-electron chi connectivity index (χ3n) is 7.08. The van der Waals surface area contributed by atoms with E-state index >= 15 is 4.39 Å². The van der Waals surface area contributed by atoms with Gasteiger partial charge in [-0.25, -0.2) is 12.8 Å². The van der Waals surface area contributed by atoms with Gasteiger partial charge < -0.3 is 9.30 Å². The van der Waals surface area contributed by atoms with E-state index in [0.717, 1.165) is 35.0 Å². The van der Waals surface area contributed by atoms with Gasteiger partial charge in [-0.15, -0.1) is 0 Å². The quantitative estimate of drug-likeness (QED) is 0.525. The molecule has 0 N–H and O–H groups in total. The predicted molar refractivity (Wildman–Crippen MR) is 124 cm³/mol. The maximum Gasteiger partial charge on any atom is 0.166 e. The molecule has 2 aromatic heterocycles. The summed E-state index contributed by atoms with van der Waals surface area (Å²) in [5.74, 6) is -0.876. The zero-order chi connectivity index (χ0) is 23.4. The van der Waals surface area contributed by atoms with Gasteiger partial charge in [-0.05, 0) is 42.9 Å². The minimum absolute atomic E-state index is 0.0151. The number of nitrogens with zero attached hydrogens (tertiary/aromatic N) is 3. The molecular formula is C24H28FN3O4S. The van der Waals surface area contributed by atoms with Crippen LogP contribution in [0.25, 0.3) is 22.2 Å². The van der Waals surface area contributed by atoms with Crippen LogP contribution in [0.15, 0.2) is 30.6 Å². The van der Waals surface area contributed by atoms with Gasteiger partial charge in [0.1, 0.15) is 5.82 Å². The molecule has 4 heterocycles. The van der Waals surface area contributed by atoms with E-state index in [2.05, 4.69) is 9.67 Å². The first kappa shape index (κ1) is 22.3. The first-order valence-corrected chi connectivity index (χ1v) is 13.1. The van der Waals surface area contributed by atoms with Gasteiger partial charge in [-0.3, -0.25) is 9.48 Å². The molecular weight excluding hydrogens is 445 g/mol. The number of rotatable bonds is 5. The first-order chi connectivity index (χ1) is 15.7. The lowest BCUT2D eigenvalue weighted by atomic mass is 9.83. The molecule has 0 bridgehead atoms. The van der Waals surface area contributed by atoms with E-state index in [1.54, 1.807) is 23.9 Å². The molecule has 0 amide bonds. The summed E-state index contributed by atoms with van der Waals surface area (Å²) in [6, 6.07) is 5.17. The molecule has 2 aliphatic heterocycles. The number of hydrogen-bond donors (Lipinski definition) is 0. The van der Waals surface area contributed by atoms with Crippen molar-refractivity contribution in [2.75, 3.05) is 24.7 Å². The van der Waals surface area contributed by atoms with Gasteiger partial charge in [0.05, 0.1) is 22.8 Å². The second-order valence-corrected chi connectivity index (χ2v) is 11.9. The summed E-state index contributed by atoms with van der Waals surface area (Å²) in [5.41, 5.74) is 1.90. The van der Waals surface area contributed by atoms with Crippen molar-refractivity contribution < 1.29 is 22.3 Å². The third kappa shape index (κ3) is 4.12. The van der Waals surface area contributed by atoms with Crippen LogP contribution in [0.2, 0.25) is 0 Å². The average Bonchev–Trinajstić information content (AvgIpc) is 3.42. The van der Waals surface area contributed by atoms with E-state index < -0.39 is 21.1 Å². The van der Waals surface area contributed by atoms with Crippen LogP contribution in [0.5, 0.6) is 0 Å². The molecule has 0 spiro atoms. The van der Waals surface area contributed by atoms with Crippen molar-refractivity contribution in [1.82, 2.24) is 14.3 Å². The lowest BCUT2D eigenvalue weighted by Crippen LogP contribution is -2.23. The third-order valence-corrected chi connectivity index (χ3v) is 9.04. The molecule has 0 radical (unpaired) electrons. The Labute approximate surface area is 192 Å². The van der Waals surface area contributed by atoms with E-state index in [-0.39, 0.29) is 35.3 Å². The highest BCUT2D eigenvalue weighted by molar-refractivity contribution is 7.91. The van der Waals surface area contributed by atoms with Crippen molar-refractivity contribution in [3.05, 3.63) is 42.0 Å². The lowest BCUT2D eigenvalue weighted by Gasteiger charge is -2.25. The van der Waals surface area contributed by atoms with E-state index in [9.17, 15) is 13.2 Å². The maximum atomic E-state index is 15.3. The summed E-state index contributed by atoms with van der Waals surface area (Å²) in [7, 11) is -1.30. The Kier molecular flexibility index (Phi) is 5.44. The largest absolute Gasteiger partial charge is 0.381 e. The molecule has 2 aliphatic rings. The standard InChI is InChI=1S/C24H28FN3O4S/c1-24(6-10-33(30,31)15-24)13-23(29)18-12-22-17(11-20(18)25)19(21-3-7-26-27(21)2)14-28(22)16-4-8-32-9-5-16/h3,7,11-12,14,16H,4-6,8-10,13,15H2,1-2H3/t24-/m1/s1. The normalized spacial score (nSPS) is 23.4. The number of fused-ring (bicyclic) bond motifs is 1. The molecule has 0 aliphatic carbocycles. The highest BCUT2D eigenvalue weighted by Gasteiger charge is 2.40. The van der Waals surface area contributed by atoms with Crippen LogP contribution in [0.3, 0.4) is 0 Å². The molecule has 1 atom stereocenters. The van der Waals surface area contributed by atoms with Crippen LogP contribution in [0.4, 0.5) is 4.39 Å². The van der Waals surface area contributed by atoms with Crippen molar-refractivity contribution in [3.63, 3.8) is 0 Å². The number of aromatic nitrogens is 3. The molecule has 176 valence electrons. The number of benzene rings is 1. The zero-order valence-corrected chi connectivity index (χ0v) is 19.7. The predicted octanol–water partition coefficient (Wildman–Crippen LogP) is 3.93. The van der Waals surface area contributed by atoms with Crippen molar-refractivity contribution in [3.8, 4) is 11.3 Å². The highest BCUT2D eigenvalue weighted by Crippen LogP contribution is 2.39. The fourth-order valence-corrected chi connectivity index (χ4v) is 7.55. The SMILES string of the molecule is Cn1nccc1-c1cn(C2CCOCC2)c2cc(C(=O)C[C@@]3(C)CCS(=O)(=O)C3)c(F)cc12. The Morgan fingerprint density at radius 2 is 2.06 bits per heavy atom. The summed E-state index contributed by atoms with van der Waals surface area (Å²) in [6.45, 7) is 3.12. The number of carbonyl (C=O) groups excluding carboxylic acids is 1. The van der Waals surface area contributed by atoms with Gasteiger partial charge in [0.2, 0.25) is 0 Å². The van der Waals surface area contributed by atoms with Crippen LogP contribution in [-0.4, -0.2) is 53.3 Å². The molecule has 0 unspecified atom stereocenters. The number of sulfone groups is 1. The number of halogens is 1. The average molecular weight is 474 g/mol. The van der Waals surface area contributed by atoms with Gasteiger partial charge >= 0.3 is 0 Å². The fraction of sp³-hybridized carbons (Fsp3) is 0.500. The van der Waals surface area contributed by atoms with Gasteiger partial charge in [0, 0.05) is 61.6 Å². The Morgan fingerprint density at radius 3 is 2.70 bits per heavy atom. The zero-order valence-electron chi connectivity index (χ0n) is 18.9. The van der Waals surface area contributed by atoms with Crippen molar-refractivity contribution in [2.24, 2.45) is 12.5 Å². The summed E-state index contributed by atoms with van der Waals surface area (Å²) in [4.78, 5) is 13.2. The molecule has 2 fully saturated rings. The number of aryl methyl sites for hydroxylation is 1. The number of carbonyl (C=O) groups is 1. The topological polar surface area (TPSA) is 83.2 Å². The Hall–Kier alpha value is -2.52. The summed E-state index contributed by atoms with van der Waals surface area (Å²) in [5, 5.41) is 4.99. The molecule has 1 aromatic carbocycles. The maximum absolute atomic E-state index is 15.3. The Balaban J connectivity index is 1.59. The number of hydrogen-bond acceptors (Lipinski definition) is 5. The van der Waals surface area contributed by atoms with Gasteiger partial charge in [-0.1, -0.05) is 6.92 Å². The first-order valence-electron chi connectivity index (χ1n) is 11.3. The molecule has 33 heavy (non-hydrogen) atoms. The van der Waals surface area contributed by atoms with Gasteiger partial charge in [0.15, 0.2) is 15.6 Å². The van der Waals surface area contributed by atoms with Crippen molar-refractivity contribution >= 4 is 26.5 Å². The molecule has 7 nitrogen and oxygen atoms in total. The second-order valence-electron chi connectivity index (χ2n) is 9.74. The second kappa shape index (κ2) is 8.06. The van der Waals surface area contributed by atoms with Gasteiger partial charge in [0.25, 0.3) is 0 Å². The summed E-state index contributed by atoms with van der Waals surface area (Å²) >= 11 is 0. The van der Waals surface area contributed by atoms with Crippen LogP contribution in [0.1, 0.15) is 49.0 Å². The van der Waals surface area contributed by atoms with Crippen molar-refractivity contribution in [1.29, 1.82) is 0 Å². The smallest absolute Gasteiger partial charge is 0.166 e. The van der Waals surface area contributed by atoms with Crippen LogP contribution >= 0.6 is 0 Å². The monoisotopic (exact) mass is 473 g/mol. The molecule has 2 saturated heterocycles. The highest BCUT2D eigenvalue weighted by atomic mass is 32.2. The minimum atomic E-state index is -3.14. The fourth-order valence-electron chi connectivity index (χ4n) is 5.29. The number of ketones is 1. The van der Waals surface area contributed by atoms with Crippen molar-refractivity contribution in [2.45, 2.75) is 38.6 Å². The number of Topliss-reactive ketones (excluding diaryl/α,β-unsaturated/α-hetero) is 1. The van der Waals surface area contributed by atoms with Crippen LogP contribution in [0, 0.1) is 11.2 Å². The van der Waals surface area contributed by atoms with E-state index in [0.29, 0.717) is 19.6 Å². The molecule has 0 saturated carbocycles. The summed E-state index contributed by atoms with van der Waals surface area (Å²) in [6.07, 6.45) is 5.85. The molecule has 9 heteroatoms. The van der Waals surface area contributed by atoms with Gasteiger partial charge in [-0.2, -0.15) is 5.10 Å². The Morgan fingerprint density at radius 1 is 1.30 bits per heavy atom. The number of ether oxygens (including phenoxy) is 1. The lowest BCUT2D eigenvalue weighted by molar-refractivity contribution is 0.0707. The van der Waals surface area contributed by atoms with E-state index in [1.165, 1.54) is 6.07 Å².